The Balaban J connectivity index is 3.40. The molecule has 0 aromatic heterocycles. The monoisotopic (exact) mass is 334 g/mol. The molecule has 0 saturated carbocycles. The van der Waals surface area contributed by atoms with Crippen molar-refractivity contribution in [3.63, 3.8) is 0 Å². The summed E-state index contributed by atoms with van der Waals surface area (Å²) in [6.07, 6.45) is 1.83. The number of rotatable bonds is 5. The SMILES string of the molecule is CSCCN(C)S(=O)(=O)c1c(F)cc(F)cc1C#CCN. The highest BCUT2D eigenvalue weighted by Crippen LogP contribution is 2.24. The van der Waals surface area contributed by atoms with Crippen molar-refractivity contribution < 1.29 is 17.2 Å². The summed E-state index contributed by atoms with van der Waals surface area (Å²) >= 11 is 1.46. The number of nitrogens with two attached hydrogens (primary N) is 1. The summed E-state index contributed by atoms with van der Waals surface area (Å²) in [5, 5.41) is 0. The van der Waals surface area contributed by atoms with Crippen molar-refractivity contribution in [1.29, 1.82) is 0 Å². The zero-order valence-electron chi connectivity index (χ0n) is 11.7. The van der Waals surface area contributed by atoms with Gasteiger partial charge in [-0.3, -0.25) is 0 Å². The van der Waals surface area contributed by atoms with E-state index in [2.05, 4.69) is 11.8 Å². The van der Waals surface area contributed by atoms with Crippen LogP contribution in [0.5, 0.6) is 0 Å². The molecule has 21 heavy (non-hydrogen) atoms. The molecule has 0 fully saturated rings. The first kappa shape index (κ1) is 17.9. The Labute approximate surface area is 127 Å². The number of hydrogen-bond donors (Lipinski definition) is 1. The fraction of sp³-hybridized carbons (Fsp3) is 0.385. The van der Waals surface area contributed by atoms with Gasteiger partial charge in [-0.1, -0.05) is 11.8 Å². The standard InChI is InChI=1S/C13H16F2N2O2S2/c1-17(6-7-20-2)21(18,19)13-10(4-3-5-16)8-11(14)9-12(13)15/h8-9H,5-7,16H2,1-2H3. The Kier molecular flexibility index (Phi) is 6.61. The number of sulfonamides is 1. The summed E-state index contributed by atoms with van der Waals surface area (Å²) in [5.41, 5.74) is 4.99. The van der Waals surface area contributed by atoms with Gasteiger partial charge in [-0.15, -0.1) is 0 Å². The van der Waals surface area contributed by atoms with Crippen LogP contribution < -0.4 is 5.73 Å². The van der Waals surface area contributed by atoms with E-state index in [1.165, 1.54) is 18.8 Å². The van der Waals surface area contributed by atoms with E-state index in [-0.39, 0.29) is 18.7 Å². The number of halogens is 2. The van der Waals surface area contributed by atoms with Gasteiger partial charge < -0.3 is 5.73 Å². The van der Waals surface area contributed by atoms with Gasteiger partial charge in [0.25, 0.3) is 0 Å². The molecule has 0 radical (unpaired) electrons. The number of hydrogen-bond acceptors (Lipinski definition) is 4. The van der Waals surface area contributed by atoms with Gasteiger partial charge in [0.15, 0.2) is 0 Å². The molecule has 0 unspecified atom stereocenters. The zero-order chi connectivity index (χ0) is 16.0. The Bertz CT molecular complexity index is 667. The molecule has 0 atom stereocenters. The predicted molar refractivity (Wildman–Crippen MR) is 80.5 cm³/mol. The van der Waals surface area contributed by atoms with Crippen LogP contribution in [0.3, 0.4) is 0 Å². The molecule has 0 saturated heterocycles. The fourth-order valence-electron chi connectivity index (χ4n) is 1.56. The van der Waals surface area contributed by atoms with Crippen molar-refractivity contribution in [1.82, 2.24) is 4.31 Å². The number of benzene rings is 1. The highest BCUT2D eigenvalue weighted by Gasteiger charge is 2.28. The van der Waals surface area contributed by atoms with Crippen LogP contribution >= 0.6 is 11.8 Å². The molecule has 1 aromatic rings. The number of thioether (sulfide) groups is 1. The maximum Gasteiger partial charge on any atom is 0.247 e. The highest BCUT2D eigenvalue weighted by molar-refractivity contribution is 7.98. The van der Waals surface area contributed by atoms with E-state index in [4.69, 9.17) is 5.73 Å². The van der Waals surface area contributed by atoms with E-state index in [1.807, 2.05) is 6.26 Å². The van der Waals surface area contributed by atoms with Crippen molar-refractivity contribution in [2.45, 2.75) is 4.90 Å². The zero-order valence-corrected chi connectivity index (χ0v) is 13.3. The topological polar surface area (TPSA) is 63.4 Å². The van der Waals surface area contributed by atoms with Crippen molar-refractivity contribution in [3.05, 3.63) is 29.3 Å². The molecule has 0 amide bonds. The van der Waals surface area contributed by atoms with Crippen LogP contribution in [0.2, 0.25) is 0 Å². The summed E-state index contributed by atoms with van der Waals surface area (Å²) in [6.45, 7) is 0.171. The van der Waals surface area contributed by atoms with Gasteiger partial charge in [-0.25, -0.2) is 17.2 Å². The van der Waals surface area contributed by atoms with Crippen molar-refractivity contribution in [3.8, 4) is 11.8 Å². The maximum atomic E-state index is 14.0. The van der Waals surface area contributed by atoms with Gasteiger partial charge in [0, 0.05) is 25.4 Å². The molecule has 1 rings (SSSR count). The van der Waals surface area contributed by atoms with Gasteiger partial charge >= 0.3 is 0 Å². The smallest absolute Gasteiger partial charge is 0.247 e. The van der Waals surface area contributed by atoms with Crippen LogP contribution in [0.4, 0.5) is 8.78 Å². The first-order valence-corrected chi connectivity index (χ1v) is 8.81. The molecule has 0 aliphatic rings. The molecular formula is C13H16F2N2O2S2. The Morgan fingerprint density at radius 1 is 1.38 bits per heavy atom. The summed E-state index contributed by atoms with van der Waals surface area (Å²) < 4.78 is 53.1. The molecule has 4 nitrogen and oxygen atoms in total. The molecule has 0 spiro atoms. The van der Waals surface area contributed by atoms with E-state index in [1.54, 1.807) is 0 Å². The fourth-order valence-corrected chi connectivity index (χ4v) is 3.47. The quantitative estimate of drug-likeness (QED) is 0.824. The second kappa shape index (κ2) is 7.75. The van der Waals surface area contributed by atoms with E-state index >= 15 is 0 Å². The molecule has 2 N–H and O–H groups in total. The molecule has 0 aliphatic heterocycles. The average Bonchev–Trinajstić information content (AvgIpc) is 2.41. The van der Waals surface area contributed by atoms with Crippen LogP contribution in [-0.4, -0.2) is 44.9 Å². The van der Waals surface area contributed by atoms with Gasteiger partial charge in [-0.05, 0) is 12.3 Å². The maximum absolute atomic E-state index is 14.0. The minimum atomic E-state index is -4.08. The predicted octanol–water partition coefficient (Wildman–Crippen LogP) is 1.26. The lowest BCUT2D eigenvalue weighted by molar-refractivity contribution is 0.477. The third kappa shape index (κ3) is 4.41. The Morgan fingerprint density at radius 2 is 2.05 bits per heavy atom. The summed E-state index contributed by atoms with van der Waals surface area (Å²) in [7, 11) is -2.74. The first-order valence-electron chi connectivity index (χ1n) is 5.97. The van der Waals surface area contributed by atoms with Gasteiger partial charge in [-0.2, -0.15) is 16.1 Å². The normalized spacial score (nSPS) is 11.3. The van der Waals surface area contributed by atoms with E-state index in [0.717, 1.165) is 10.4 Å². The van der Waals surface area contributed by atoms with Gasteiger partial charge in [0.05, 0.1) is 12.1 Å². The third-order valence-electron chi connectivity index (χ3n) is 2.61. The van der Waals surface area contributed by atoms with Gasteiger partial charge in [0.2, 0.25) is 10.0 Å². The van der Waals surface area contributed by atoms with E-state index < -0.39 is 26.6 Å². The van der Waals surface area contributed by atoms with Crippen LogP contribution in [0, 0.1) is 23.5 Å². The molecular weight excluding hydrogens is 318 g/mol. The second-order valence-electron chi connectivity index (χ2n) is 4.09. The van der Waals surface area contributed by atoms with Crippen LogP contribution in [-0.2, 0) is 10.0 Å². The molecule has 1 aromatic carbocycles. The lowest BCUT2D eigenvalue weighted by atomic mass is 10.2. The molecule has 8 heteroatoms. The minimum absolute atomic E-state index is 0.0417. The lowest BCUT2D eigenvalue weighted by Crippen LogP contribution is -2.30. The second-order valence-corrected chi connectivity index (χ2v) is 7.06. The van der Waals surface area contributed by atoms with Crippen molar-refractivity contribution in [2.24, 2.45) is 5.73 Å². The third-order valence-corrected chi connectivity index (χ3v) is 5.14. The van der Waals surface area contributed by atoms with Crippen LogP contribution in [0.25, 0.3) is 0 Å². The lowest BCUT2D eigenvalue weighted by Gasteiger charge is -2.18. The Morgan fingerprint density at radius 3 is 2.62 bits per heavy atom. The van der Waals surface area contributed by atoms with Gasteiger partial charge in [0.1, 0.15) is 16.5 Å². The summed E-state index contributed by atoms with van der Waals surface area (Å²) in [4.78, 5) is -0.617. The number of nitrogens with zero attached hydrogens (tertiary/aromatic N) is 1. The van der Waals surface area contributed by atoms with Crippen LogP contribution in [0.1, 0.15) is 5.56 Å². The summed E-state index contributed by atoms with van der Waals surface area (Å²) in [6, 6.07) is 1.42. The van der Waals surface area contributed by atoms with E-state index in [9.17, 15) is 17.2 Å². The Hall–Kier alpha value is -1.14. The molecule has 116 valence electrons. The van der Waals surface area contributed by atoms with E-state index in [0.29, 0.717) is 11.8 Å². The average molecular weight is 334 g/mol. The molecule has 0 bridgehead atoms. The highest BCUT2D eigenvalue weighted by atomic mass is 32.2. The molecule has 0 aliphatic carbocycles. The molecule has 0 heterocycles. The minimum Gasteiger partial charge on any atom is -0.320 e. The largest absolute Gasteiger partial charge is 0.320 e. The summed E-state index contributed by atoms with van der Waals surface area (Å²) in [5.74, 6) is 3.33. The van der Waals surface area contributed by atoms with Crippen LogP contribution in [0.15, 0.2) is 17.0 Å². The first-order chi connectivity index (χ1) is 9.84. The van der Waals surface area contributed by atoms with Crippen molar-refractivity contribution in [2.75, 3.05) is 32.1 Å². The van der Waals surface area contributed by atoms with Crippen molar-refractivity contribution >= 4 is 21.8 Å².